The number of hydrogen-bond acceptors (Lipinski definition) is 3. The van der Waals surface area contributed by atoms with Crippen LogP contribution in [-0.2, 0) is 6.42 Å². The molecule has 1 unspecified atom stereocenters. The highest BCUT2D eigenvalue weighted by atomic mass is 16.3. The molecule has 3 heteroatoms. The molecule has 14 heavy (non-hydrogen) atoms. The SMILES string of the molecule is Cc1ccc(C(C)N=O)c(CCN)c1. The summed E-state index contributed by atoms with van der Waals surface area (Å²) in [5.74, 6) is 0. The molecule has 0 heterocycles. The summed E-state index contributed by atoms with van der Waals surface area (Å²) >= 11 is 0. The second-order valence-electron chi connectivity index (χ2n) is 3.52. The number of rotatable bonds is 4. The Bertz CT molecular complexity index is 323. The standard InChI is InChI=1S/C11H16N2O/c1-8-3-4-11(9(2)13-14)10(7-8)5-6-12/h3-4,7,9H,5-6,12H2,1-2H3. The van der Waals surface area contributed by atoms with Crippen LogP contribution in [-0.4, -0.2) is 6.54 Å². The van der Waals surface area contributed by atoms with Gasteiger partial charge in [0, 0.05) is 0 Å². The molecule has 0 amide bonds. The van der Waals surface area contributed by atoms with E-state index in [4.69, 9.17) is 5.73 Å². The van der Waals surface area contributed by atoms with E-state index in [1.54, 1.807) is 6.92 Å². The average Bonchev–Trinajstić information content (AvgIpc) is 2.17. The molecule has 0 radical (unpaired) electrons. The summed E-state index contributed by atoms with van der Waals surface area (Å²) in [7, 11) is 0. The maximum atomic E-state index is 10.5. The van der Waals surface area contributed by atoms with Crippen LogP contribution in [0.2, 0.25) is 0 Å². The highest BCUT2D eigenvalue weighted by Gasteiger charge is 2.09. The monoisotopic (exact) mass is 192 g/mol. The van der Waals surface area contributed by atoms with E-state index in [9.17, 15) is 4.91 Å². The molecule has 0 saturated heterocycles. The molecule has 0 aliphatic heterocycles. The summed E-state index contributed by atoms with van der Waals surface area (Å²) in [6, 6.07) is 5.75. The van der Waals surface area contributed by atoms with E-state index < -0.39 is 0 Å². The minimum absolute atomic E-state index is 0.280. The van der Waals surface area contributed by atoms with Gasteiger partial charge in [0.2, 0.25) is 0 Å². The number of nitroso groups, excluding NO2 is 1. The van der Waals surface area contributed by atoms with E-state index in [0.717, 1.165) is 17.5 Å². The van der Waals surface area contributed by atoms with Gasteiger partial charge in [-0.1, -0.05) is 28.9 Å². The van der Waals surface area contributed by atoms with Crippen molar-refractivity contribution in [2.24, 2.45) is 10.9 Å². The van der Waals surface area contributed by atoms with Crippen LogP contribution >= 0.6 is 0 Å². The molecule has 1 atom stereocenters. The van der Waals surface area contributed by atoms with Crippen molar-refractivity contribution in [2.75, 3.05) is 6.54 Å². The summed E-state index contributed by atoms with van der Waals surface area (Å²) in [5.41, 5.74) is 8.84. The topological polar surface area (TPSA) is 55.5 Å². The van der Waals surface area contributed by atoms with Crippen LogP contribution in [0.1, 0.15) is 29.7 Å². The first-order valence-electron chi connectivity index (χ1n) is 4.81. The largest absolute Gasteiger partial charge is 0.330 e. The fraction of sp³-hybridized carbons (Fsp3) is 0.455. The Labute approximate surface area is 84.3 Å². The van der Waals surface area contributed by atoms with Crippen LogP contribution in [0.15, 0.2) is 23.4 Å². The molecule has 76 valence electrons. The zero-order valence-corrected chi connectivity index (χ0v) is 8.66. The highest BCUT2D eigenvalue weighted by molar-refractivity contribution is 5.34. The van der Waals surface area contributed by atoms with Crippen molar-refractivity contribution in [3.05, 3.63) is 39.8 Å². The van der Waals surface area contributed by atoms with Crippen molar-refractivity contribution in [2.45, 2.75) is 26.3 Å². The van der Waals surface area contributed by atoms with Crippen molar-refractivity contribution in [3.63, 3.8) is 0 Å². The second-order valence-corrected chi connectivity index (χ2v) is 3.52. The number of benzene rings is 1. The summed E-state index contributed by atoms with van der Waals surface area (Å²) in [5, 5.41) is 3.04. The molecule has 0 saturated carbocycles. The third-order valence-corrected chi connectivity index (χ3v) is 2.32. The first kappa shape index (κ1) is 10.9. The molecule has 1 rings (SSSR count). The van der Waals surface area contributed by atoms with Gasteiger partial charge in [0.15, 0.2) is 0 Å². The molecule has 0 spiro atoms. The van der Waals surface area contributed by atoms with Crippen molar-refractivity contribution in [1.82, 2.24) is 0 Å². The molecule has 3 nitrogen and oxygen atoms in total. The quantitative estimate of drug-likeness (QED) is 0.744. The number of nitrogens with two attached hydrogens (primary N) is 1. The molecule has 0 aliphatic rings. The van der Waals surface area contributed by atoms with E-state index in [-0.39, 0.29) is 6.04 Å². The Morgan fingerprint density at radius 1 is 1.50 bits per heavy atom. The second kappa shape index (κ2) is 4.86. The van der Waals surface area contributed by atoms with Crippen LogP contribution in [0.25, 0.3) is 0 Å². The lowest BCUT2D eigenvalue weighted by molar-refractivity contribution is 0.787. The van der Waals surface area contributed by atoms with Crippen LogP contribution in [0.3, 0.4) is 0 Å². The maximum absolute atomic E-state index is 10.5. The fourth-order valence-corrected chi connectivity index (χ4v) is 1.57. The van der Waals surface area contributed by atoms with E-state index in [1.165, 1.54) is 5.56 Å². The molecule has 0 aliphatic carbocycles. The smallest absolute Gasteiger partial charge is 0.114 e. The summed E-state index contributed by atoms with van der Waals surface area (Å²) in [4.78, 5) is 10.5. The van der Waals surface area contributed by atoms with Gasteiger partial charge in [0.1, 0.15) is 6.04 Å². The molecule has 1 aromatic carbocycles. The molecule has 0 fully saturated rings. The number of nitrogens with zero attached hydrogens (tertiary/aromatic N) is 1. The first-order chi connectivity index (χ1) is 6.69. The Kier molecular flexibility index (Phi) is 3.77. The Hall–Kier alpha value is -1.22. The lowest BCUT2D eigenvalue weighted by atomic mass is 9.97. The lowest BCUT2D eigenvalue weighted by Gasteiger charge is -2.11. The van der Waals surface area contributed by atoms with Crippen molar-refractivity contribution < 1.29 is 0 Å². The van der Waals surface area contributed by atoms with Gasteiger partial charge in [-0.15, -0.1) is 0 Å². The predicted octanol–water partition coefficient (Wildman–Crippen LogP) is 2.32. The Morgan fingerprint density at radius 3 is 2.79 bits per heavy atom. The normalized spacial score (nSPS) is 12.5. The van der Waals surface area contributed by atoms with Gasteiger partial charge >= 0.3 is 0 Å². The van der Waals surface area contributed by atoms with Crippen LogP contribution in [0.4, 0.5) is 0 Å². The minimum Gasteiger partial charge on any atom is -0.330 e. The lowest BCUT2D eigenvalue weighted by Crippen LogP contribution is -2.06. The van der Waals surface area contributed by atoms with Gasteiger partial charge < -0.3 is 5.73 Å². The van der Waals surface area contributed by atoms with Crippen LogP contribution in [0, 0.1) is 11.8 Å². The Balaban J connectivity index is 3.07. The maximum Gasteiger partial charge on any atom is 0.114 e. The first-order valence-corrected chi connectivity index (χ1v) is 4.81. The van der Waals surface area contributed by atoms with Gasteiger partial charge in [0.25, 0.3) is 0 Å². The van der Waals surface area contributed by atoms with Crippen molar-refractivity contribution in [3.8, 4) is 0 Å². The summed E-state index contributed by atoms with van der Waals surface area (Å²) < 4.78 is 0. The summed E-state index contributed by atoms with van der Waals surface area (Å²) in [6.45, 7) is 4.43. The molecule has 0 bridgehead atoms. The fourth-order valence-electron chi connectivity index (χ4n) is 1.57. The zero-order valence-electron chi connectivity index (χ0n) is 8.66. The third-order valence-electron chi connectivity index (χ3n) is 2.32. The van der Waals surface area contributed by atoms with Gasteiger partial charge in [-0.05, 0) is 37.9 Å². The van der Waals surface area contributed by atoms with Crippen LogP contribution in [0.5, 0.6) is 0 Å². The van der Waals surface area contributed by atoms with E-state index in [2.05, 4.69) is 11.2 Å². The number of hydrogen-bond donors (Lipinski definition) is 1. The van der Waals surface area contributed by atoms with Crippen molar-refractivity contribution >= 4 is 0 Å². The molecule has 0 aromatic heterocycles. The van der Waals surface area contributed by atoms with E-state index in [1.807, 2.05) is 19.1 Å². The third kappa shape index (κ3) is 2.39. The van der Waals surface area contributed by atoms with Crippen molar-refractivity contribution in [1.29, 1.82) is 0 Å². The predicted molar refractivity (Wildman–Crippen MR) is 58.1 cm³/mol. The highest BCUT2D eigenvalue weighted by Crippen LogP contribution is 2.22. The molecule has 1 aromatic rings. The van der Waals surface area contributed by atoms with Gasteiger partial charge in [-0.2, -0.15) is 4.91 Å². The molecule has 2 N–H and O–H groups in total. The minimum atomic E-state index is -0.280. The van der Waals surface area contributed by atoms with E-state index >= 15 is 0 Å². The average molecular weight is 192 g/mol. The van der Waals surface area contributed by atoms with Gasteiger partial charge in [0.05, 0.1) is 0 Å². The van der Waals surface area contributed by atoms with Gasteiger partial charge in [-0.25, -0.2) is 0 Å². The molecular weight excluding hydrogens is 176 g/mol. The molecular formula is C11H16N2O. The Morgan fingerprint density at radius 2 is 2.21 bits per heavy atom. The summed E-state index contributed by atoms with van der Waals surface area (Å²) in [6.07, 6.45) is 0.802. The zero-order chi connectivity index (χ0) is 10.6. The van der Waals surface area contributed by atoms with Gasteiger partial charge in [-0.3, -0.25) is 0 Å². The number of aryl methyl sites for hydroxylation is 1. The van der Waals surface area contributed by atoms with Crippen LogP contribution < -0.4 is 5.73 Å². The van der Waals surface area contributed by atoms with E-state index in [0.29, 0.717) is 6.54 Å².